The number of amides is 3. The Morgan fingerprint density at radius 1 is 0.983 bits per heavy atom. The molecule has 2 N–H and O–H groups in total. The monoisotopic (exact) mass is 828 g/mol. The van der Waals surface area contributed by atoms with Crippen molar-refractivity contribution in [2.75, 3.05) is 33.9 Å². The first-order valence-corrected chi connectivity index (χ1v) is 20.3. The molecule has 12 nitrogen and oxygen atoms in total. The van der Waals surface area contributed by atoms with E-state index in [1.807, 2.05) is 80.3 Å². The molecule has 3 aliphatic rings. The minimum absolute atomic E-state index is 0.0318. The molecule has 3 fully saturated rings. The number of aromatic nitrogens is 2. The molecule has 1 spiro atoms. The van der Waals surface area contributed by atoms with Gasteiger partial charge in [0.2, 0.25) is 17.7 Å². The van der Waals surface area contributed by atoms with Gasteiger partial charge in [0.25, 0.3) is 0 Å². The number of halogens is 2. The second-order valence-electron chi connectivity index (χ2n) is 16.6. The highest BCUT2D eigenvalue weighted by Crippen LogP contribution is 2.48. The minimum Gasteiger partial charge on any atom is -0.496 e. The van der Waals surface area contributed by atoms with Crippen LogP contribution < -0.4 is 20.1 Å². The molecule has 7 rings (SSSR count). The SMILES string of the molecule is COc1cc(-c2nccc(-c3cccc(-c4ccc(CN(C[C@@H]5CCC(=O)N5)C(=O)OC(C)(C)C)c(OC)n4)c3Cl)c2Cl)ccc1CNC1CC2(C1)CN(C(C)=O)C2. The fourth-order valence-electron chi connectivity index (χ4n) is 8.19. The summed E-state index contributed by atoms with van der Waals surface area (Å²) in [4.78, 5) is 49.8. The van der Waals surface area contributed by atoms with E-state index in [0.717, 1.165) is 42.8 Å². The Kier molecular flexibility index (Phi) is 11.9. The van der Waals surface area contributed by atoms with Gasteiger partial charge in [-0.15, -0.1) is 0 Å². The average Bonchev–Trinajstić information content (AvgIpc) is 3.57. The van der Waals surface area contributed by atoms with Crippen molar-refractivity contribution < 1.29 is 28.6 Å². The van der Waals surface area contributed by atoms with Crippen LogP contribution in [0.3, 0.4) is 0 Å². The van der Waals surface area contributed by atoms with Gasteiger partial charge in [-0.3, -0.25) is 14.6 Å². The number of hydrogen-bond donors (Lipinski definition) is 2. The number of carbonyl (C=O) groups excluding carboxylic acids is 3. The van der Waals surface area contributed by atoms with Crippen LogP contribution in [0.5, 0.6) is 11.6 Å². The molecule has 2 aromatic carbocycles. The van der Waals surface area contributed by atoms with Crippen molar-refractivity contribution in [1.29, 1.82) is 0 Å². The van der Waals surface area contributed by atoms with E-state index in [0.29, 0.717) is 75.0 Å². The molecule has 1 atom stereocenters. The van der Waals surface area contributed by atoms with Crippen molar-refractivity contribution in [3.05, 3.63) is 82.0 Å². The molecule has 14 heteroatoms. The molecule has 4 aromatic rings. The third-order valence-corrected chi connectivity index (χ3v) is 11.9. The van der Waals surface area contributed by atoms with E-state index in [-0.39, 0.29) is 36.4 Å². The molecule has 2 aliphatic heterocycles. The number of rotatable bonds is 12. The van der Waals surface area contributed by atoms with Crippen LogP contribution in [0, 0.1) is 5.41 Å². The molecule has 0 bridgehead atoms. The molecule has 0 radical (unpaired) electrons. The van der Waals surface area contributed by atoms with Gasteiger partial charge in [0.05, 0.1) is 42.2 Å². The Balaban J connectivity index is 1.09. The summed E-state index contributed by atoms with van der Waals surface area (Å²) < 4.78 is 17.3. The summed E-state index contributed by atoms with van der Waals surface area (Å²) in [5.74, 6) is 1.18. The number of hydrogen-bond acceptors (Lipinski definition) is 9. The zero-order valence-electron chi connectivity index (χ0n) is 33.8. The number of carbonyl (C=O) groups is 3. The number of ether oxygens (including phenoxy) is 3. The van der Waals surface area contributed by atoms with Crippen LogP contribution in [0.2, 0.25) is 10.0 Å². The molecule has 2 saturated heterocycles. The van der Waals surface area contributed by atoms with Crippen LogP contribution in [0.15, 0.2) is 60.8 Å². The summed E-state index contributed by atoms with van der Waals surface area (Å²) in [6.45, 7) is 9.91. The molecular weight excluding hydrogens is 779 g/mol. The Morgan fingerprint density at radius 3 is 2.38 bits per heavy atom. The summed E-state index contributed by atoms with van der Waals surface area (Å²) in [6.07, 6.45) is 4.41. The van der Waals surface area contributed by atoms with E-state index < -0.39 is 11.7 Å². The number of methoxy groups -OCH3 is 2. The van der Waals surface area contributed by atoms with Gasteiger partial charge in [-0.1, -0.05) is 53.5 Å². The van der Waals surface area contributed by atoms with Crippen LogP contribution in [-0.4, -0.2) is 89.2 Å². The van der Waals surface area contributed by atoms with Gasteiger partial charge in [-0.25, -0.2) is 9.78 Å². The standard InChI is InChI=1S/C44H50Cl2N6O6/c1-26(53)52-24-44(25-52)19-31(20-44)48-21-28-11-10-27(18-36(28)56-5)40-39(46)33(16-17-47-40)32-8-7-9-34(38(32)45)35-14-12-29(41(50-35)57-6)22-51(42(55)58-43(2,3)4)23-30-13-15-37(54)49-30/h7-12,14,16-18,30-31,48H,13,15,19-25H2,1-6H3,(H,49,54)/t30-/m0/s1. The van der Waals surface area contributed by atoms with Crippen LogP contribution in [-0.2, 0) is 27.4 Å². The first-order valence-electron chi connectivity index (χ1n) is 19.6. The van der Waals surface area contributed by atoms with E-state index >= 15 is 0 Å². The first kappa shape index (κ1) is 41.3. The van der Waals surface area contributed by atoms with Crippen molar-refractivity contribution in [3.8, 4) is 45.3 Å². The molecule has 1 aliphatic carbocycles. The molecule has 0 unspecified atom stereocenters. The van der Waals surface area contributed by atoms with Gasteiger partial charge in [0.15, 0.2) is 0 Å². The van der Waals surface area contributed by atoms with E-state index in [4.69, 9.17) is 42.4 Å². The third kappa shape index (κ3) is 8.89. The second kappa shape index (κ2) is 16.8. The first-order chi connectivity index (χ1) is 27.7. The maximum atomic E-state index is 13.3. The van der Waals surface area contributed by atoms with E-state index in [9.17, 15) is 14.4 Å². The van der Waals surface area contributed by atoms with Crippen LogP contribution in [0.1, 0.15) is 64.5 Å². The lowest BCUT2D eigenvalue weighted by atomic mass is 9.60. The summed E-state index contributed by atoms with van der Waals surface area (Å²) in [6, 6.07) is 17.5. The molecule has 306 valence electrons. The highest BCUT2D eigenvalue weighted by molar-refractivity contribution is 6.39. The lowest BCUT2D eigenvalue weighted by Gasteiger charge is -2.59. The normalized spacial score (nSPS) is 17.3. The number of nitrogens with zero attached hydrogens (tertiary/aromatic N) is 4. The Hall–Kier alpha value is -4.91. The molecule has 1 saturated carbocycles. The number of benzene rings is 2. The fourth-order valence-corrected chi connectivity index (χ4v) is 8.84. The molecule has 3 amide bonds. The minimum atomic E-state index is -0.700. The van der Waals surface area contributed by atoms with Gasteiger partial charge in [0.1, 0.15) is 11.4 Å². The summed E-state index contributed by atoms with van der Waals surface area (Å²) >= 11 is 14.3. The van der Waals surface area contributed by atoms with Gasteiger partial charge in [0, 0.05) is 96.6 Å². The number of pyridine rings is 2. The average molecular weight is 830 g/mol. The zero-order chi connectivity index (χ0) is 41.4. The summed E-state index contributed by atoms with van der Waals surface area (Å²) in [5.41, 5.74) is 5.33. The van der Waals surface area contributed by atoms with Crippen molar-refractivity contribution >= 4 is 41.1 Å². The lowest BCUT2D eigenvalue weighted by Crippen LogP contribution is -2.66. The quantitative estimate of drug-likeness (QED) is 0.146. The maximum Gasteiger partial charge on any atom is 0.410 e. The van der Waals surface area contributed by atoms with Gasteiger partial charge in [-0.2, -0.15) is 0 Å². The van der Waals surface area contributed by atoms with Gasteiger partial charge in [-0.05, 0) is 64.3 Å². The van der Waals surface area contributed by atoms with Crippen molar-refractivity contribution in [3.63, 3.8) is 0 Å². The van der Waals surface area contributed by atoms with E-state index in [2.05, 4.69) is 15.6 Å². The fraction of sp³-hybridized carbons (Fsp3) is 0.432. The predicted octanol–water partition coefficient (Wildman–Crippen LogP) is 7.92. The summed E-state index contributed by atoms with van der Waals surface area (Å²) in [7, 11) is 3.19. The number of nitrogens with one attached hydrogen (secondary N) is 2. The number of likely N-dealkylation sites (tertiary alicyclic amines) is 1. The highest BCUT2D eigenvalue weighted by atomic mass is 35.5. The zero-order valence-corrected chi connectivity index (χ0v) is 35.3. The van der Waals surface area contributed by atoms with E-state index in [1.54, 1.807) is 25.1 Å². The predicted molar refractivity (Wildman–Crippen MR) is 224 cm³/mol. The van der Waals surface area contributed by atoms with Crippen molar-refractivity contribution in [2.45, 2.75) is 84.2 Å². The third-order valence-electron chi connectivity index (χ3n) is 11.1. The molecule has 2 aromatic heterocycles. The van der Waals surface area contributed by atoms with Crippen molar-refractivity contribution in [2.24, 2.45) is 5.41 Å². The van der Waals surface area contributed by atoms with Crippen LogP contribution in [0.25, 0.3) is 33.6 Å². The van der Waals surface area contributed by atoms with Gasteiger partial charge < -0.3 is 34.6 Å². The summed E-state index contributed by atoms with van der Waals surface area (Å²) in [5, 5.41) is 7.49. The van der Waals surface area contributed by atoms with E-state index in [1.165, 1.54) is 7.11 Å². The van der Waals surface area contributed by atoms with Crippen LogP contribution in [0.4, 0.5) is 4.79 Å². The molecule has 4 heterocycles. The lowest BCUT2D eigenvalue weighted by molar-refractivity contribution is -0.149. The largest absolute Gasteiger partial charge is 0.496 e. The van der Waals surface area contributed by atoms with Crippen LogP contribution >= 0.6 is 23.2 Å². The molecular formula is C44H50Cl2N6O6. The Bertz CT molecular complexity index is 2210. The van der Waals surface area contributed by atoms with Gasteiger partial charge >= 0.3 is 6.09 Å². The molecule has 58 heavy (non-hydrogen) atoms. The highest BCUT2D eigenvalue weighted by Gasteiger charge is 2.52. The maximum absolute atomic E-state index is 13.3. The topological polar surface area (TPSA) is 135 Å². The second-order valence-corrected chi connectivity index (χ2v) is 17.4. The Labute approximate surface area is 349 Å². The van der Waals surface area contributed by atoms with Crippen molar-refractivity contribution in [1.82, 2.24) is 30.4 Å². The smallest absolute Gasteiger partial charge is 0.410 e. The Morgan fingerprint density at radius 2 is 1.71 bits per heavy atom.